The first kappa shape index (κ1) is 11.6. The zero-order valence-electron chi connectivity index (χ0n) is 9.53. The molecule has 1 saturated carbocycles. The molecule has 0 spiro atoms. The fraction of sp³-hybridized carbons (Fsp3) is 0.538. The van der Waals surface area contributed by atoms with Crippen LogP contribution >= 0.6 is 0 Å². The smallest absolute Gasteiger partial charge is 0.129 e. The lowest BCUT2D eigenvalue weighted by Crippen LogP contribution is -2.33. The summed E-state index contributed by atoms with van der Waals surface area (Å²) in [6, 6.07) is 6.51. The Morgan fingerprint density at radius 1 is 1.38 bits per heavy atom. The Kier molecular flexibility index (Phi) is 3.56. The average molecular weight is 223 g/mol. The SMILES string of the molecule is CC(N)C(OC1CCC1)c1ccccc1F. The van der Waals surface area contributed by atoms with Crippen molar-refractivity contribution in [3.05, 3.63) is 35.6 Å². The molecule has 2 rings (SSSR count). The van der Waals surface area contributed by atoms with Crippen molar-refractivity contribution in [3.63, 3.8) is 0 Å². The van der Waals surface area contributed by atoms with Crippen LogP contribution in [0.2, 0.25) is 0 Å². The van der Waals surface area contributed by atoms with Crippen molar-refractivity contribution >= 4 is 0 Å². The highest BCUT2D eigenvalue weighted by atomic mass is 19.1. The van der Waals surface area contributed by atoms with Crippen molar-refractivity contribution in [1.82, 2.24) is 0 Å². The van der Waals surface area contributed by atoms with Crippen LogP contribution in [0.25, 0.3) is 0 Å². The maximum atomic E-state index is 13.6. The molecule has 0 saturated heterocycles. The molecule has 0 amide bonds. The molecule has 16 heavy (non-hydrogen) atoms. The quantitative estimate of drug-likeness (QED) is 0.851. The lowest BCUT2D eigenvalue weighted by atomic mass is 9.94. The second-order valence-electron chi connectivity index (χ2n) is 4.49. The van der Waals surface area contributed by atoms with Gasteiger partial charge in [0.25, 0.3) is 0 Å². The van der Waals surface area contributed by atoms with Gasteiger partial charge in [-0.15, -0.1) is 0 Å². The minimum absolute atomic E-state index is 0.197. The number of hydrogen-bond acceptors (Lipinski definition) is 2. The van der Waals surface area contributed by atoms with E-state index < -0.39 is 0 Å². The molecular formula is C13H18FNO. The molecule has 0 heterocycles. The highest BCUT2D eigenvalue weighted by molar-refractivity contribution is 5.21. The summed E-state index contributed by atoms with van der Waals surface area (Å²) >= 11 is 0. The standard InChI is InChI=1S/C13H18FNO/c1-9(15)13(16-10-5-4-6-10)11-7-2-3-8-12(11)14/h2-3,7-10,13H,4-6,15H2,1H3. The molecule has 0 aliphatic heterocycles. The van der Waals surface area contributed by atoms with Gasteiger partial charge >= 0.3 is 0 Å². The van der Waals surface area contributed by atoms with Crippen LogP contribution in [0.15, 0.2) is 24.3 Å². The van der Waals surface area contributed by atoms with Gasteiger partial charge in [0, 0.05) is 11.6 Å². The van der Waals surface area contributed by atoms with E-state index in [2.05, 4.69) is 0 Å². The fourth-order valence-electron chi connectivity index (χ4n) is 1.90. The Hall–Kier alpha value is -0.930. The third-order valence-corrected chi connectivity index (χ3v) is 3.08. The van der Waals surface area contributed by atoms with Gasteiger partial charge in [0.15, 0.2) is 0 Å². The summed E-state index contributed by atoms with van der Waals surface area (Å²) in [6.07, 6.45) is 3.27. The molecule has 1 aromatic rings. The third-order valence-electron chi connectivity index (χ3n) is 3.08. The van der Waals surface area contributed by atoms with Crippen molar-refractivity contribution < 1.29 is 9.13 Å². The van der Waals surface area contributed by atoms with Gasteiger partial charge in [-0.25, -0.2) is 4.39 Å². The number of ether oxygens (including phenoxy) is 1. The summed E-state index contributed by atoms with van der Waals surface area (Å²) < 4.78 is 19.5. The van der Waals surface area contributed by atoms with E-state index in [-0.39, 0.29) is 24.1 Å². The zero-order chi connectivity index (χ0) is 11.5. The van der Waals surface area contributed by atoms with Gasteiger partial charge in [-0.05, 0) is 32.3 Å². The summed E-state index contributed by atoms with van der Waals surface area (Å²) in [5, 5.41) is 0. The minimum atomic E-state index is -0.327. The zero-order valence-corrected chi connectivity index (χ0v) is 9.53. The maximum Gasteiger partial charge on any atom is 0.129 e. The molecule has 2 nitrogen and oxygen atoms in total. The van der Waals surface area contributed by atoms with Gasteiger partial charge in [-0.3, -0.25) is 0 Å². The molecule has 1 fully saturated rings. The van der Waals surface area contributed by atoms with Crippen molar-refractivity contribution in [1.29, 1.82) is 0 Å². The second-order valence-corrected chi connectivity index (χ2v) is 4.49. The number of rotatable bonds is 4. The van der Waals surface area contributed by atoms with Gasteiger partial charge < -0.3 is 10.5 Å². The van der Waals surface area contributed by atoms with E-state index in [0.717, 1.165) is 12.8 Å². The first-order chi connectivity index (χ1) is 7.68. The number of halogens is 1. The molecule has 0 bridgehead atoms. The summed E-state index contributed by atoms with van der Waals surface area (Å²) in [5.74, 6) is -0.232. The Balaban J connectivity index is 2.14. The van der Waals surface area contributed by atoms with Gasteiger partial charge in [-0.2, -0.15) is 0 Å². The molecule has 3 heteroatoms. The van der Waals surface area contributed by atoms with E-state index in [4.69, 9.17) is 10.5 Å². The Morgan fingerprint density at radius 2 is 2.06 bits per heavy atom. The highest BCUT2D eigenvalue weighted by Gasteiger charge is 2.27. The molecule has 0 radical (unpaired) electrons. The normalized spacial score (nSPS) is 20.2. The van der Waals surface area contributed by atoms with Crippen molar-refractivity contribution in [3.8, 4) is 0 Å². The molecule has 2 atom stereocenters. The van der Waals surface area contributed by atoms with E-state index in [9.17, 15) is 4.39 Å². The first-order valence-corrected chi connectivity index (χ1v) is 5.84. The summed E-state index contributed by atoms with van der Waals surface area (Å²) in [6.45, 7) is 1.86. The van der Waals surface area contributed by atoms with Crippen molar-refractivity contribution in [2.75, 3.05) is 0 Å². The Bertz CT molecular complexity index is 350. The van der Waals surface area contributed by atoms with Crippen LogP contribution in [0.4, 0.5) is 4.39 Å². The monoisotopic (exact) mass is 223 g/mol. The van der Waals surface area contributed by atoms with E-state index in [1.807, 2.05) is 13.0 Å². The minimum Gasteiger partial charge on any atom is -0.369 e. The van der Waals surface area contributed by atoms with Crippen LogP contribution in [-0.2, 0) is 4.74 Å². The number of benzene rings is 1. The molecule has 0 aromatic heterocycles. The van der Waals surface area contributed by atoms with Crippen molar-refractivity contribution in [2.24, 2.45) is 5.73 Å². The van der Waals surface area contributed by atoms with Gasteiger partial charge in [0.05, 0.1) is 6.10 Å². The van der Waals surface area contributed by atoms with Crippen LogP contribution in [-0.4, -0.2) is 12.1 Å². The van der Waals surface area contributed by atoms with Crippen LogP contribution in [0.1, 0.15) is 37.9 Å². The van der Waals surface area contributed by atoms with Gasteiger partial charge in [0.2, 0.25) is 0 Å². The lowest BCUT2D eigenvalue weighted by Gasteiger charge is -2.32. The Labute approximate surface area is 95.6 Å². The van der Waals surface area contributed by atoms with Crippen LogP contribution in [0.3, 0.4) is 0 Å². The second kappa shape index (κ2) is 4.93. The topological polar surface area (TPSA) is 35.2 Å². The summed E-state index contributed by atoms with van der Waals surface area (Å²) in [4.78, 5) is 0. The van der Waals surface area contributed by atoms with E-state index in [1.165, 1.54) is 12.5 Å². The van der Waals surface area contributed by atoms with Gasteiger partial charge in [-0.1, -0.05) is 18.2 Å². The van der Waals surface area contributed by atoms with Crippen molar-refractivity contribution in [2.45, 2.75) is 44.4 Å². The molecule has 1 aliphatic rings. The summed E-state index contributed by atoms with van der Waals surface area (Å²) in [7, 11) is 0. The molecule has 1 aliphatic carbocycles. The number of nitrogens with two attached hydrogens (primary N) is 1. The first-order valence-electron chi connectivity index (χ1n) is 5.84. The molecular weight excluding hydrogens is 205 g/mol. The summed E-state index contributed by atoms with van der Waals surface area (Å²) in [5.41, 5.74) is 6.45. The highest BCUT2D eigenvalue weighted by Crippen LogP contribution is 2.31. The molecule has 1 aromatic carbocycles. The van der Waals surface area contributed by atoms with Crippen LogP contribution < -0.4 is 5.73 Å². The Morgan fingerprint density at radius 3 is 2.56 bits per heavy atom. The van der Waals surface area contributed by atoms with Crippen LogP contribution in [0, 0.1) is 5.82 Å². The molecule has 2 unspecified atom stereocenters. The molecule has 2 N–H and O–H groups in total. The average Bonchev–Trinajstić information content (AvgIpc) is 2.18. The largest absolute Gasteiger partial charge is 0.369 e. The fourth-order valence-corrected chi connectivity index (χ4v) is 1.90. The number of hydrogen-bond donors (Lipinski definition) is 1. The third kappa shape index (κ3) is 2.42. The van der Waals surface area contributed by atoms with E-state index in [1.54, 1.807) is 12.1 Å². The van der Waals surface area contributed by atoms with Crippen LogP contribution in [0.5, 0.6) is 0 Å². The predicted octanol–water partition coefficient (Wildman–Crippen LogP) is 2.78. The molecule has 88 valence electrons. The maximum absolute atomic E-state index is 13.6. The van der Waals surface area contributed by atoms with E-state index in [0.29, 0.717) is 5.56 Å². The predicted molar refractivity (Wildman–Crippen MR) is 61.5 cm³/mol. The van der Waals surface area contributed by atoms with E-state index >= 15 is 0 Å². The lowest BCUT2D eigenvalue weighted by molar-refractivity contribution is -0.0624. The van der Waals surface area contributed by atoms with Gasteiger partial charge in [0.1, 0.15) is 11.9 Å².